The van der Waals surface area contributed by atoms with Gasteiger partial charge in [-0.3, -0.25) is 4.79 Å². The van der Waals surface area contributed by atoms with Crippen LogP contribution in [0.3, 0.4) is 0 Å². The Morgan fingerprint density at radius 3 is 3.00 bits per heavy atom. The van der Waals surface area contributed by atoms with Crippen LogP contribution in [-0.2, 0) is 19.1 Å². The van der Waals surface area contributed by atoms with E-state index in [9.17, 15) is 9.59 Å². The van der Waals surface area contributed by atoms with Crippen LogP contribution in [0.5, 0.6) is 0 Å². The summed E-state index contributed by atoms with van der Waals surface area (Å²) in [5.74, 6) is -0.581. The second-order valence-electron chi connectivity index (χ2n) is 6.18. The van der Waals surface area contributed by atoms with Gasteiger partial charge in [0.05, 0.1) is 11.8 Å². The van der Waals surface area contributed by atoms with E-state index >= 15 is 0 Å². The highest BCUT2D eigenvalue weighted by Gasteiger charge is 2.27. The van der Waals surface area contributed by atoms with Crippen molar-refractivity contribution in [1.29, 1.82) is 0 Å². The van der Waals surface area contributed by atoms with Crippen LogP contribution in [0.1, 0.15) is 37.7 Å². The molecule has 1 aromatic rings. The molecule has 6 heteroatoms. The lowest BCUT2D eigenvalue weighted by atomic mass is 10.1. The molecule has 2 aliphatic rings. The number of benzene rings is 1. The summed E-state index contributed by atoms with van der Waals surface area (Å²) >= 11 is 0. The highest BCUT2D eigenvalue weighted by molar-refractivity contribution is 6.38. The smallest absolute Gasteiger partial charge is 0.354 e. The molecule has 0 saturated carbocycles. The first-order valence-electron chi connectivity index (χ1n) is 8.39. The van der Waals surface area contributed by atoms with Gasteiger partial charge in [0, 0.05) is 19.4 Å². The molecule has 1 unspecified atom stereocenters. The maximum atomic E-state index is 12.2. The molecule has 6 nitrogen and oxygen atoms in total. The molecule has 0 spiro atoms. The number of amides is 1. The predicted molar refractivity (Wildman–Crippen MR) is 89.9 cm³/mol. The van der Waals surface area contributed by atoms with E-state index in [1.165, 1.54) is 5.01 Å². The first kappa shape index (κ1) is 16.6. The minimum absolute atomic E-state index is 0.0265. The average Bonchev–Trinajstić information content (AvgIpc) is 2.61. The lowest BCUT2D eigenvalue weighted by molar-refractivity contribution is -0.141. The summed E-state index contributed by atoms with van der Waals surface area (Å²) in [6, 6.07) is 7.48. The van der Waals surface area contributed by atoms with Crippen LogP contribution in [0.15, 0.2) is 29.4 Å². The van der Waals surface area contributed by atoms with Crippen LogP contribution in [0.4, 0.5) is 5.69 Å². The Labute approximate surface area is 141 Å². The van der Waals surface area contributed by atoms with Crippen LogP contribution >= 0.6 is 0 Å². The van der Waals surface area contributed by atoms with Crippen LogP contribution in [-0.4, -0.2) is 36.9 Å². The third kappa shape index (κ3) is 4.00. The molecule has 1 saturated heterocycles. The fourth-order valence-corrected chi connectivity index (χ4v) is 2.85. The molecule has 128 valence electrons. The number of rotatable bonds is 4. The number of hydrogen-bond acceptors (Lipinski definition) is 5. The summed E-state index contributed by atoms with van der Waals surface area (Å²) in [6.07, 6.45) is 3.60. The Morgan fingerprint density at radius 1 is 1.38 bits per heavy atom. The van der Waals surface area contributed by atoms with Crippen molar-refractivity contribution in [3.05, 3.63) is 29.8 Å². The van der Waals surface area contributed by atoms with E-state index in [0.29, 0.717) is 12.1 Å². The topological polar surface area (TPSA) is 68.2 Å². The Kier molecular flexibility index (Phi) is 5.25. The quantitative estimate of drug-likeness (QED) is 0.796. The van der Waals surface area contributed by atoms with Crippen molar-refractivity contribution in [3.63, 3.8) is 0 Å². The molecule has 1 fully saturated rings. The van der Waals surface area contributed by atoms with Crippen molar-refractivity contribution in [2.75, 3.05) is 18.2 Å². The van der Waals surface area contributed by atoms with Gasteiger partial charge in [0.15, 0.2) is 0 Å². The molecule has 1 atom stereocenters. The minimum Gasteiger partial charge on any atom is -0.458 e. The Hall–Kier alpha value is -2.21. The van der Waals surface area contributed by atoms with Gasteiger partial charge in [-0.05, 0) is 43.9 Å². The Morgan fingerprint density at radius 2 is 2.25 bits per heavy atom. The number of ether oxygens (including phenoxy) is 2. The Bertz CT molecular complexity index is 650. The molecule has 1 aromatic carbocycles. The number of aryl methyl sites for hydroxylation is 1. The molecule has 2 heterocycles. The molecule has 24 heavy (non-hydrogen) atoms. The number of esters is 1. The highest BCUT2D eigenvalue weighted by Crippen LogP contribution is 2.21. The van der Waals surface area contributed by atoms with E-state index in [0.717, 1.165) is 31.4 Å². The van der Waals surface area contributed by atoms with Crippen molar-refractivity contribution < 1.29 is 19.1 Å². The summed E-state index contributed by atoms with van der Waals surface area (Å²) in [5.41, 5.74) is 1.98. The van der Waals surface area contributed by atoms with E-state index in [-0.39, 0.29) is 30.8 Å². The fraction of sp³-hybridized carbons (Fsp3) is 0.500. The fourth-order valence-electron chi connectivity index (χ4n) is 2.85. The van der Waals surface area contributed by atoms with Gasteiger partial charge in [-0.15, -0.1) is 0 Å². The molecule has 1 amide bonds. The average molecular weight is 330 g/mol. The van der Waals surface area contributed by atoms with Gasteiger partial charge in [0.2, 0.25) is 5.91 Å². The number of anilines is 1. The molecule has 2 aliphatic heterocycles. The van der Waals surface area contributed by atoms with Crippen molar-refractivity contribution in [1.82, 2.24) is 0 Å². The minimum atomic E-state index is -0.464. The van der Waals surface area contributed by atoms with Gasteiger partial charge < -0.3 is 9.47 Å². The molecule has 3 rings (SSSR count). The lowest BCUT2D eigenvalue weighted by Crippen LogP contribution is -2.36. The molecule has 0 N–H and O–H groups in total. The maximum absolute atomic E-state index is 12.2. The molecule has 0 aromatic heterocycles. The first-order valence-corrected chi connectivity index (χ1v) is 8.39. The van der Waals surface area contributed by atoms with Crippen molar-refractivity contribution in [2.24, 2.45) is 5.10 Å². The van der Waals surface area contributed by atoms with Gasteiger partial charge in [-0.25, -0.2) is 9.80 Å². The third-order valence-corrected chi connectivity index (χ3v) is 4.19. The van der Waals surface area contributed by atoms with E-state index in [2.05, 4.69) is 5.10 Å². The van der Waals surface area contributed by atoms with Crippen LogP contribution < -0.4 is 5.01 Å². The zero-order valence-corrected chi connectivity index (χ0v) is 13.9. The summed E-state index contributed by atoms with van der Waals surface area (Å²) in [5, 5.41) is 5.52. The zero-order chi connectivity index (χ0) is 16.9. The predicted octanol–water partition coefficient (Wildman–Crippen LogP) is 2.59. The largest absolute Gasteiger partial charge is 0.458 e. The molecular weight excluding hydrogens is 308 g/mol. The van der Waals surface area contributed by atoms with Crippen molar-refractivity contribution >= 4 is 23.3 Å². The molecule has 0 radical (unpaired) electrons. The van der Waals surface area contributed by atoms with Crippen LogP contribution in [0.2, 0.25) is 0 Å². The normalized spacial score (nSPS) is 21.4. The van der Waals surface area contributed by atoms with E-state index < -0.39 is 5.97 Å². The third-order valence-electron chi connectivity index (χ3n) is 4.19. The first-order chi connectivity index (χ1) is 11.6. The summed E-state index contributed by atoms with van der Waals surface area (Å²) in [4.78, 5) is 24.4. The van der Waals surface area contributed by atoms with Gasteiger partial charge in [0.1, 0.15) is 12.3 Å². The van der Waals surface area contributed by atoms with E-state index in [4.69, 9.17) is 9.47 Å². The monoisotopic (exact) mass is 330 g/mol. The number of hydrazone groups is 1. The van der Waals surface area contributed by atoms with Crippen molar-refractivity contribution in [3.8, 4) is 0 Å². The highest BCUT2D eigenvalue weighted by atomic mass is 16.6. The van der Waals surface area contributed by atoms with Gasteiger partial charge >= 0.3 is 5.97 Å². The maximum Gasteiger partial charge on any atom is 0.354 e. The number of nitrogens with zero attached hydrogens (tertiary/aromatic N) is 2. The van der Waals surface area contributed by atoms with Crippen LogP contribution in [0, 0.1) is 6.92 Å². The summed E-state index contributed by atoms with van der Waals surface area (Å²) in [7, 11) is 0. The van der Waals surface area contributed by atoms with Gasteiger partial charge in [0.25, 0.3) is 0 Å². The summed E-state index contributed by atoms with van der Waals surface area (Å²) < 4.78 is 10.9. The van der Waals surface area contributed by atoms with Crippen molar-refractivity contribution in [2.45, 2.75) is 45.1 Å². The Balaban J connectivity index is 1.66. The van der Waals surface area contributed by atoms with E-state index in [1.54, 1.807) is 6.07 Å². The zero-order valence-electron chi connectivity index (χ0n) is 13.9. The standard InChI is InChI=1S/C18H22N2O4/c1-13-5-4-6-14(11-13)20-17(21)9-8-16(19-20)18(22)24-12-15-7-2-3-10-23-15/h4-6,11,15H,2-3,7-10,12H2,1H3. The molecule has 0 aliphatic carbocycles. The lowest BCUT2D eigenvalue weighted by Gasteiger charge is -2.24. The second-order valence-corrected chi connectivity index (χ2v) is 6.18. The SMILES string of the molecule is Cc1cccc(N2N=C(C(=O)OCC3CCCCO3)CCC2=O)c1. The number of carbonyl (C=O) groups excluding carboxylic acids is 2. The number of hydrogen-bond donors (Lipinski definition) is 0. The number of carbonyl (C=O) groups is 2. The molecule has 0 bridgehead atoms. The van der Waals surface area contributed by atoms with Gasteiger partial charge in [-0.1, -0.05) is 12.1 Å². The van der Waals surface area contributed by atoms with E-state index in [1.807, 2.05) is 25.1 Å². The molecular formula is C18H22N2O4. The van der Waals surface area contributed by atoms with Gasteiger partial charge in [-0.2, -0.15) is 5.10 Å². The second kappa shape index (κ2) is 7.57. The van der Waals surface area contributed by atoms with Crippen LogP contribution in [0.25, 0.3) is 0 Å². The summed E-state index contributed by atoms with van der Waals surface area (Å²) in [6.45, 7) is 2.91.